The van der Waals surface area contributed by atoms with Crippen molar-refractivity contribution >= 4 is 5.91 Å². The van der Waals surface area contributed by atoms with E-state index in [0.717, 1.165) is 24.2 Å². The normalized spacial score (nSPS) is 41.3. The zero-order chi connectivity index (χ0) is 13.5. The first kappa shape index (κ1) is 13.4. The fourth-order valence-electron chi connectivity index (χ4n) is 5.40. The molecule has 4 aliphatic carbocycles. The monoisotopic (exact) mass is 265 g/mol. The second kappa shape index (κ2) is 5.08. The average Bonchev–Trinajstić information content (AvgIpc) is 2.33. The van der Waals surface area contributed by atoms with Crippen LogP contribution < -0.4 is 5.32 Å². The lowest BCUT2D eigenvalue weighted by Crippen LogP contribution is -2.49. The summed E-state index contributed by atoms with van der Waals surface area (Å²) in [5.41, 5.74) is 0.312. The van der Waals surface area contributed by atoms with Crippen LogP contribution in [0.1, 0.15) is 58.3 Å². The highest BCUT2D eigenvalue weighted by Crippen LogP contribution is 2.61. The van der Waals surface area contributed by atoms with Gasteiger partial charge >= 0.3 is 0 Å². The van der Waals surface area contributed by atoms with Crippen molar-refractivity contribution in [2.24, 2.45) is 23.2 Å². The molecular formula is C16H27NO2. The molecule has 4 bridgehead atoms. The van der Waals surface area contributed by atoms with Gasteiger partial charge in [-0.2, -0.15) is 0 Å². The van der Waals surface area contributed by atoms with Crippen LogP contribution in [0.15, 0.2) is 0 Å². The number of aliphatic hydroxyl groups is 1. The van der Waals surface area contributed by atoms with Crippen LogP contribution in [0.3, 0.4) is 0 Å². The number of nitrogens with one attached hydrogen (secondary N) is 1. The van der Waals surface area contributed by atoms with Crippen LogP contribution in [0.5, 0.6) is 0 Å². The molecule has 0 heterocycles. The lowest BCUT2D eigenvalue weighted by atomic mass is 9.49. The first-order valence-electron chi connectivity index (χ1n) is 8.02. The molecule has 3 nitrogen and oxygen atoms in total. The van der Waals surface area contributed by atoms with Gasteiger partial charge < -0.3 is 10.4 Å². The molecule has 4 fully saturated rings. The Kier molecular flexibility index (Phi) is 3.59. The molecule has 0 aromatic heterocycles. The smallest absolute Gasteiger partial charge is 0.220 e. The molecule has 0 radical (unpaired) electrons. The second-order valence-corrected chi connectivity index (χ2v) is 7.45. The Labute approximate surface area is 116 Å². The summed E-state index contributed by atoms with van der Waals surface area (Å²) in [7, 11) is 0. The number of hydrogen-bond acceptors (Lipinski definition) is 2. The zero-order valence-electron chi connectivity index (χ0n) is 12.0. The minimum absolute atomic E-state index is 0.0542. The number of amides is 1. The van der Waals surface area contributed by atoms with E-state index in [4.69, 9.17) is 0 Å². The lowest BCUT2D eigenvalue weighted by molar-refractivity contribution is -0.130. The van der Waals surface area contributed by atoms with Gasteiger partial charge in [0.25, 0.3) is 0 Å². The maximum Gasteiger partial charge on any atom is 0.220 e. The van der Waals surface area contributed by atoms with E-state index >= 15 is 0 Å². The van der Waals surface area contributed by atoms with Crippen molar-refractivity contribution < 1.29 is 9.90 Å². The molecule has 4 aliphatic rings. The molecular weight excluding hydrogens is 238 g/mol. The van der Waals surface area contributed by atoms with Gasteiger partial charge in [-0.3, -0.25) is 4.79 Å². The number of rotatable bonds is 5. The van der Waals surface area contributed by atoms with Gasteiger partial charge in [-0.25, -0.2) is 0 Å². The van der Waals surface area contributed by atoms with Crippen LogP contribution in [-0.2, 0) is 4.79 Å². The third kappa shape index (κ3) is 2.67. The van der Waals surface area contributed by atoms with Crippen LogP contribution >= 0.6 is 0 Å². The first-order valence-corrected chi connectivity index (χ1v) is 8.02. The van der Waals surface area contributed by atoms with Gasteiger partial charge in [0.2, 0.25) is 5.91 Å². The fraction of sp³-hybridized carbons (Fsp3) is 0.938. The van der Waals surface area contributed by atoms with Crippen molar-refractivity contribution in [3.05, 3.63) is 0 Å². The molecule has 0 aromatic rings. The highest BCUT2D eigenvalue weighted by molar-refractivity contribution is 5.77. The van der Waals surface area contributed by atoms with Gasteiger partial charge in [-0.15, -0.1) is 0 Å². The van der Waals surface area contributed by atoms with Crippen molar-refractivity contribution in [1.82, 2.24) is 5.32 Å². The summed E-state index contributed by atoms with van der Waals surface area (Å²) in [6.45, 7) is 2.06. The predicted molar refractivity (Wildman–Crippen MR) is 74.5 cm³/mol. The average molecular weight is 265 g/mol. The maximum absolute atomic E-state index is 12.2. The second-order valence-electron chi connectivity index (χ2n) is 7.45. The minimum atomic E-state index is -0.0542. The van der Waals surface area contributed by atoms with Crippen molar-refractivity contribution in [3.63, 3.8) is 0 Å². The number of carbonyl (C=O) groups excluding carboxylic acids is 1. The van der Waals surface area contributed by atoms with E-state index in [1.54, 1.807) is 0 Å². The summed E-state index contributed by atoms with van der Waals surface area (Å²) in [5.74, 6) is 2.87. The molecule has 0 aliphatic heterocycles. The Balaban J connectivity index is 1.61. The molecule has 1 unspecified atom stereocenters. The topological polar surface area (TPSA) is 49.3 Å². The van der Waals surface area contributed by atoms with Crippen molar-refractivity contribution in [2.75, 3.05) is 6.61 Å². The summed E-state index contributed by atoms with van der Waals surface area (Å²) in [6, 6.07) is -0.0542. The molecule has 4 rings (SSSR count). The largest absolute Gasteiger partial charge is 0.394 e. The zero-order valence-corrected chi connectivity index (χ0v) is 12.0. The maximum atomic E-state index is 12.2. The molecule has 2 N–H and O–H groups in total. The van der Waals surface area contributed by atoms with Crippen LogP contribution in [0.4, 0.5) is 0 Å². The minimum Gasteiger partial charge on any atom is -0.394 e. The SMILES string of the molecule is CCC(CO)NC(=O)CC12CC3CC(CC(C3)C1)C2. The van der Waals surface area contributed by atoms with E-state index in [0.29, 0.717) is 11.8 Å². The van der Waals surface area contributed by atoms with E-state index in [2.05, 4.69) is 5.32 Å². The molecule has 0 spiro atoms. The van der Waals surface area contributed by atoms with Crippen LogP contribution in [0, 0.1) is 23.2 Å². The van der Waals surface area contributed by atoms with E-state index in [1.807, 2.05) is 6.92 Å². The van der Waals surface area contributed by atoms with Gasteiger partial charge in [0, 0.05) is 6.42 Å². The number of carbonyl (C=O) groups is 1. The van der Waals surface area contributed by atoms with Gasteiger partial charge in [0.15, 0.2) is 0 Å². The van der Waals surface area contributed by atoms with Crippen LogP contribution in [0.2, 0.25) is 0 Å². The Bertz CT molecular complexity index is 313. The molecule has 0 saturated heterocycles. The highest BCUT2D eigenvalue weighted by Gasteiger charge is 2.51. The summed E-state index contributed by atoms with van der Waals surface area (Å²) in [5, 5.41) is 12.2. The molecule has 19 heavy (non-hydrogen) atoms. The van der Waals surface area contributed by atoms with Gasteiger partial charge in [-0.05, 0) is 68.1 Å². The van der Waals surface area contributed by atoms with E-state index in [9.17, 15) is 9.90 Å². The van der Waals surface area contributed by atoms with Crippen molar-refractivity contribution in [2.45, 2.75) is 64.3 Å². The Hall–Kier alpha value is -0.570. The van der Waals surface area contributed by atoms with E-state index < -0.39 is 0 Å². The summed E-state index contributed by atoms with van der Waals surface area (Å²) in [4.78, 5) is 12.2. The third-order valence-electron chi connectivity index (χ3n) is 5.78. The summed E-state index contributed by atoms with van der Waals surface area (Å²) < 4.78 is 0. The number of aliphatic hydroxyl groups excluding tert-OH is 1. The molecule has 1 amide bonds. The van der Waals surface area contributed by atoms with Gasteiger partial charge in [0.1, 0.15) is 0 Å². The Morgan fingerprint density at radius 2 is 1.74 bits per heavy atom. The van der Waals surface area contributed by atoms with Crippen molar-refractivity contribution in [1.29, 1.82) is 0 Å². The number of hydrogen-bond donors (Lipinski definition) is 2. The molecule has 1 atom stereocenters. The van der Waals surface area contributed by atoms with E-state index in [1.165, 1.54) is 38.5 Å². The Morgan fingerprint density at radius 3 is 2.16 bits per heavy atom. The quantitative estimate of drug-likeness (QED) is 0.802. The fourth-order valence-corrected chi connectivity index (χ4v) is 5.40. The predicted octanol–water partition coefficient (Wildman–Crippen LogP) is 2.48. The molecule has 0 aromatic carbocycles. The summed E-state index contributed by atoms with van der Waals surface area (Å²) in [6.07, 6.45) is 9.63. The van der Waals surface area contributed by atoms with Crippen LogP contribution in [-0.4, -0.2) is 23.7 Å². The molecule has 4 saturated carbocycles. The summed E-state index contributed by atoms with van der Waals surface area (Å²) >= 11 is 0. The van der Waals surface area contributed by atoms with Gasteiger partial charge in [0.05, 0.1) is 12.6 Å². The molecule has 3 heteroatoms. The van der Waals surface area contributed by atoms with E-state index in [-0.39, 0.29) is 18.6 Å². The highest BCUT2D eigenvalue weighted by atomic mass is 16.3. The third-order valence-corrected chi connectivity index (χ3v) is 5.78. The Morgan fingerprint density at radius 1 is 1.21 bits per heavy atom. The molecule has 108 valence electrons. The van der Waals surface area contributed by atoms with Gasteiger partial charge in [-0.1, -0.05) is 6.92 Å². The first-order chi connectivity index (χ1) is 9.12. The lowest BCUT2D eigenvalue weighted by Gasteiger charge is -2.56. The standard InChI is InChI=1S/C16H27NO2/c1-2-14(10-18)17-15(19)9-16-6-11-3-12(7-16)5-13(4-11)8-16/h11-14,18H,2-10H2,1H3,(H,17,19). The van der Waals surface area contributed by atoms with Crippen molar-refractivity contribution in [3.8, 4) is 0 Å². The van der Waals surface area contributed by atoms with Crippen LogP contribution in [0.25, 0.3) is 0 Å².